The van der Waals surface area contributed by atoms with Gasteiger partial charge in [-0.1, -0.05) is 60.2 Å². The van der Waals surface area contributed by atoms with E-state index >= 15 is 0 Å². The summed E-state index contributed by atoms with van der Waals surface area (Å²) in [6, 6.07) is 18.1. The van der Waals surface area contributed by atoms with Crippen LogP contribution in [0.1, 0.15) is 28.6 Å². The van der Waals surface area contributed by atoms with Crippen LogP contribution in [0, 0.1) is 6.92 Å². The molecule has 0 aliphatic heterocycles. The second kappa shape index (κ2) is 5.94. The van der Waals surface area contributed by atoms with Gasteiger partial charge in [0.05, 0.1) is 0 Å². The number of imidazole rings is 1. The molecular formula is C18H18N2O. The van der Waals surface area contributed by atoms with Crippen LogP contribution in [0.3, 0.4) is 0 Å². The maximum atomic E-state index is 10.5. The highest BCUT2D eigenvalue weighted by molar-refractivity contribution is 5.27. The zero-order valence-electron chi connectivity index (χ0n) is 12.0. The zero-order valence-corrected chi connectivity index (χ0v) is 12.0. The number of hydrogen-bond acceptors (Lipinski definition) is 2. The standard InChI is InChI=1S/C18H18N2O/c1-14-7-9-16(10-8-14)17(21)18-19-11-12-20(18)13-15-5-3-2-4-6-15/h2-12,17,21H,13H2,1H3. The Labute approximate surface area is 124 Å². The molecule has 1 aromatic heterocycles. The normalized spacial score (nSPS) is 12.3. The third-order valence-corrected chi connectivity index (χ3v) is 3.58. The molecule has 106 valence electrons. The molecule has 21 heavy (non-hydrogen) atoms. The highest BCUT2D eigenvalue weighted by atomic mass is 16.3. The molecule has 0 aliphatic rings. The van der Waals surface area contributed by atoms with Crippen molar-refractivity contribution < 1.29 is 5.11 Å². The molecule has 0 saturated heterocycles. The van der Waals surface area contributed by atoms with E-state index in [2.05, 4.69) is 17.1 Å². The molecule has 2 aromatic carbocycles. The molecule has 0 fully saturated rings. The van der Waals surface area contributed by atoms with Crippen molar-refractivity contribution in [1.29, 1.82) is 0 Å². The van der Waals surface area contributed by atoms with Crippen molar-refractivity contribution in [2.45, 2.75) is 19.6 Å². The lowest BCUT2D eigenvalue weighted by molar-refractivity contribution is 0.205. The summed E-state index contributed by atoms with van der Waals surface area (Å²) in [6.07, 6.45) is 2.93. The van der Waals surface area contributed by atoms with Crippen molar-refractivity contribution in [2.24, 2.45) is 0 Å². The Hall–Kier alpha value is -2.39. The SMILES string of the molecule is Cc1ccc(C(O)c2nccn2Cc2ccccc2)cc1. The molecule has 1 unspecified atom stereocenters. The van der Waals surface area contributed by atoms with Crippen molar-refractivity contribution in [2.75, 3.05) is 0 Å². The van der Waals surface area contributed by atoms with E-state index in [0.29, 0.717) is 12.4 Å². The molecular weight excluding hydrogens is 260 g/mol. The smallest absolute Gasteiger partial charge is 0.142 e. The number of nitrogens with zero attached hydrogens (tertiary/aromatic N) is 2. The molecule has 3 rings (SSSR count). The molecule has 3 nitrogen and oxygen atoms in total. The van der Waals surface area contributed by atoms with Gasteiger partial charge in [-0.3, -0.25) is 0 Å². The van der Waals surface area contributed by atoms with E-state index in [9.17, 15) is 5.11 Å². The van der Waals surface area contributed by atoms with Gasteiger partial charge >= 0.3 is 0 Å². The summed E-state index contributed by atoms with van der Waals surface area (Å²) in [4.78, 5) is 4.32. The first-order valence-corrected chi connectivity index (χ1v) is 7.03. The number of aliphatic hydroxyl groups excluding tert-OH is 1. The second-order valence-corrected chi connectivity index (χ2v) is 5.21. The lowest BCUT2D eigenvalue weighted by Gasteiger charge is -2.14. The van der Waals surface area contributed by atoms with Gasteiger partial charge in [0.15, 0.2) is 0 Å². The summed E-state index contributed by atoms with van der Waals surface area (Å²) in [5.41, 5.74) is 3.23. The third kappa shape index (κ3) is 3.03. The first kappa shape index (κ1) is 13.6. The van der Waals surface area contributed by atoms with E-state index in [0.717, 1.165) is 5.56 Å². The molecule has 1 N–H and O–H groups in total. The fourth-order valence-electron chi connectivity index (χ4n) is 2.38. The Morgan fingerprint density at radius 2 is 1.76 bits per heavy atom. The maximum Gasteiger partial charge on any atom is 0.142 e. The Kier molecular flexibility index (Phi) is 3.84. The minimum atomic E-state index is -0.704. The Morgan fingerprint density at radius 1 is 1.05 bits per heavy atom. The Balaban J connectivity index is 1.86. The van der Waals surface area contributed by atoms with Crippen molar-refractivity contribution in [3.8, 4) is 0 Å². The minimum absolute atomic E-state index is 0.669. The molecule has 0 amide bonds. The molecule has 0 saturated carbocycles. The summed E-state index contributed by atoms with van der Waals surface area (Å²) < 4.78 is 1.99. The van der Waals surface area contributed by atoms with Crippen LogP contribution >= 0.6 is 0 Å². The molecule has 3 heteroatoms. The summed E-state index contributed by atoms with van der Waals surface area (Å²) in [5, 5.41) is 10.5. The van der Waals surface area contributed by atoms with E-state index in [1.807, 2.05) is 60.2 Å². The molecule has 1 heterocycles. The van der Waals surface area contributed by atoms with Crippen molar-refractivity contribution >= 4 is 0 Å². The van der Waals surface area contributed by atoms with Crippen LogP contribution in [0.2, 0.25) is 0 Å². The first-order chi connectivity index (χ1) is 10.2. The fourth-order valence-corrected chi connectivity index (χ4v) is 2.38. The average molecular weight is 278 g/mol. The van der Waals surface area contributed by atoms with Crippen LogP contribution in [-0.2, 0) is 6.54 Å². The fraction of sp³-hybridized carbons (Fsp3) is 0.167. The highest BCUT2D eigenvalue weighted by Gasteiger charge is 2.16. The van der Waals surface area contributed by atoms with Crippen LogP contribution in [-0.4, -0.2) is 14.7 Å². The van der Waals surface area contributed by atoms with Crippen molar-refractivity contribution in [1.82, 2.24) is 9.55 Å². The number of rotatable bonds is 4. The molecule has 3 aromatic rings. The summed E-state index contributed by atoms with van der Waals surface area (Å²) in [6.45, 7) is 2.74. The summed E-state index contributed by atoms with van der Waals surface area (Å²) >= 11 is 0. The average Bonchev–Trinajstić information content (AvgIpc) is 2.96. The Bertz CT molecular complexity index is 702. The first-order valence-electron chi connectivity index (χ1n) is 7.03. The van der Waals surface area contributed by atoms with Gasteiger partial charge in [-0.2, -0.15) is 0 Å². The van der Waals surface area contributed by atoms with Crippen molar-refractivity contribution in [3.63, 3.8) is 0 Å². The predicted molar refractivity (Wildman–Crippen MR) is 83.0 cm³/mol. The number of hydrogen-bond donors (Lipinski definition) is 1. The van der Waals surface area contributed by atoms with Crippen molar-refractivity contribution in [3.05, 3.63) is 89.5 Å². The van der Waals surface area contributed by atoms with Crippen LogP contribution in [0.25, 0.3) is 0 Å². The summed E-state index contributed by atoms with van der Waals surface area (Å²) in [5.74, 6) is 0.669. The monoisotopic (exact) mass is 278 g/mol. The van der Waals surface area contributed by atoms with Gasteiger partial charge in [0.2, 0.25) is 0 Å². The van der Waals surface area contributed by atoms with E-state index < -0.39 is 6.10 Å². The number of aliphatic hydroxyl groups is 1. The van der Waals surface area contributed by atoms with Crippen LogP contribution < -0.4 is 0 Å². The van der Waals surface area contributed by atoms with E-state index in [4.69, 9.17) is 0 Å². The van der Waals surface area contributed by atoms with Gasteiger partial charge in [0.1, 0.15) is 11.9 Å². The molecule has 0 radical (unpaired) electrons. The van der Waals surface area contributed by atoms with Gasteiger partial charge < -0.3 is 9.67 Å². The topological polar surface area (TPSA) is 38.1 Å². The van der Waals surface area contributed by atoms with E-state index in [1.54, 1.807) is 6.20 Å². The van der Waals surface area contributed by atoms with Gasteiger partial charge in [-0.25, -0.2) is 4.98 Å². The lowest BCUT2D eigenvalue weighted by atomic mass is 10.1. The summed E-state index contributed by atoms with van der Waals surface area (Å²) in [7, 11) is 0. The van der Waals surface area contributed by atoms with Crippen LogP contribution in [0.4, 0.5) is 0 Å². The number of aromatic nitrogens is 2. The molecule has 0 aliphatic carbocycles. The van der Waals surface area contributed by atoms with Gasteiger partial charge in [-0.15, -0.1) is 0 Å². The van der Waals surface area contributed by atoms with Crippen LogP contribution in [0.5, 0.6) is 0 Å². The van der Waals surface area contributed by atoms with Gasteiger partial charge in [0, 0.05) is 18.9 Å². The lowest BCUT2D eigenvalue weighted by Crippen LogP contribution is -2.10. The zero-order chi connectivity index (χ0) is 14.7. The molecule has 0 bridgehead atoms. The van der Waals surface area contributed by atoms with E-state index in [-0.39, 0.29) is 0 Å². The molecule has 0 spiro atoms. The highest BCUT2D eigenvalue weighted by Crippen LogP contribution is 2.21. The maximum absolute atomic E-state index is 10.5. The van der Waals surface area contributed by atoms with Gasteiger partial charge in [-0.05, 0) is 18.1 Å². The quantitative estimate of drug-likeness (QED) is 0.795. The third-order valence-electron chi connectivity index (χ3n) is 3.58. The number of aryl methyl sites for hydroxylation is 1. The van der Waals surface area contributed by atoms with E-state index in [1.165, 1.54) is 11.1 Å². The minimum Gasteiger partial charge on any atom is -0.380 e. The van der Waals surface area contributed by atoms with Crippen LogP contribution in [0.15, 0.2) is 67.0 Å². The second-order valence-electron chi connectivity index (χ2n) is 5.21. The largest absolute Gasteiger partial charge is 0.380 e. The molecule has 1 atom stereocenters. The van der Waals surface area contributed by atoms with Gasteiger partial charge in [0.25, 0.3) is 0 Å². The number of benzene rings is 2. The Morgan fingerprint density at radius 3 is 2.48 bits per heavy atom. The predicted octanol–water partition coefficient (Wildman–Crippen LogP) is 3.32.